The van der Waals surface area contributed by atoms with Gasteiger partial charge in [0.2, 0.25) is 0 Å². The molecule has 1 heteroatoms. The highest BCUT2D eigenvalue weighted by molar-refractivity contribution is 6.17. The third-order valence-electron chi connectivity index (χ3n) is 5.02. The van der Waals surface area contributed by atoms with Crippen molar-refractivity contribution in [3.63, 3.8) is 0 Å². The molecule has 0 aliphatic rings. The normalized spacial score (nSPS) is 11.1. The number of rotatable bonds is 15. The van der Waals surface area contributed by atoms with E-state index in [2.05, 4.69) is 32.0 Å². The molecule has 0 amide bonds. The predicted molar refractivity (Wildman–Crippen MR) is 110 cm³/mol. The van der Waals surface area contributed by atoms with Crippen molar-refractivity contribution in [1.82, 2.24) is 0 Å². The average molecular weight is 351 g/mol. The molecule has 0 heterocycles. The van der Waals surface area contributed by atoms with Gasteiger partial charge in [-0.2, -0.15) is 0 Å². The van der Waals surface area contributed by atoms with Crippen molar-refractivity contribution in [2.24, 2.45) is 0 Å². The Kier molecular flexibility index (Phi) is 13.3. The zero-order valence-electron chi connectivity index (χ0n) is 16.2. The van der Waals surface area contributed by atoms with Gasteiger partial charge in [0.25, 0.3) is 0 Å². The molecule has 138 valence electrons. The van der Waals surface area contributed by atoms with Gasteiger partial charge in [-0.1, -0.05) is 96.3 Å². The smallest absolute Gasteiger partial charge is 0.0474 e. The Bertz CT molecular complexity index is 410. The van der Waals surface area contributed by atoms with E-state index in [1.807, 2.05) is 0 Å². The van der Waals surface area contributed by atoms with E-state index in [4.69, 9.17) is 11.6 Å². The average Bonchev–Trinajstić information content (AvgIpc) is 2.61. The first-order chi connectivity index (χ1) is 11.8. The van der Waals surface area contributed by atoms with E-state index in [-0.39, 0.29) is 0 Å². The number of unbranched alkanes of at least 4 members (excludes halogenated alkanes) is 10. The van der Waals surface area contributed by atoms with Gasteiger partial charge in [0.15, 0.2) is 0 Å². The Morgan fingerprint density at radius 3 is 1.67 bits per heavy atom. The lowest BCUT2D eigenvalue weighted by Gasteiger charge is -2.12. The molecule has 0 spiro atoms. The molecule has 1 aromatic carbocycles. The summed E-state index contributed by atoms with van der Waals surface area (Å²) in [5, 5.41) is 0. The summed E-state index contributed by atoms with van der Waals surface area (Å²) in [6, 6.07) is 6.94. The first-order valence-corrected chi connectivity index (χ1v) is 11.0. The summed E-state index contributed by atoms with van der Waals surface area (Å²) in [6.07, 6.45) is 19.0. The highest BCUT2D eigenvalue weighted by Crippen LogP contribution is 2.20. The summed E-state index contributed by atoms with van der Waals surface area (Å²) in [7, 11) is 0. The van der Waals surface area contributed by atoms with Crippen molar-refractivity contribution >= 4 is 11.6 Å². The van der Waals surface area contributed by atoms with Gasteiger partial charge in [0, 0.05) is 5.88 Å². The first kappa shape index (κ1) is 21.6. The van der Waals surface area contributed by atoms with Gasteiger partial charge >= 0.3 is 0 Å². The number of hydrogen-bond acceptors (Lipinski definition) is 0. The summed E-state index contributed by atoms with van der Waals surface area (Å²) in [5.41, 5.74) is 4.43. The Morgan fingerprint density at radius 2 is 1.12 bits per heavy atom. The molecule has 0 bridgehead atoms. The lowest BCUT2D eigenvalue weighted by molar-refractivity contribution is 0.599. The number of halogens is 1. The maximum atomic E-state index is 6.05. The molecule has 0 fully saturated rings. The van der Waals surface area contributed by atoms with E-state index in [0.29, 0.717) is 5.88 Å². The van der Waals surface area contributed by atoms with Crippen LogP contribution in [-0.4, -0.2) is 0 Å². The quantitative estimate of drug-likeness (QED) is 0.220. The van der Waals surface area contributed by atoms with Gasteiger partial charge in [-0.25, -0.2) is 0 Å². The van der Waals surface area contributed by atoms with Crippen molar-refractivity contribution < 1.29 is 0 Å². The maximum absolute atomic E-state index is 6.05. The van der Waals surface area contributed by atoms with Crippen molar-refractivity contribution in [3.8, 4) is 0 Å². The number of aryl methyl sites for hydroxylation is 2. The monoisotopic (exact) mass is 350 g/mol. The molecular formula is C23H39Cl. The molecule has 0 saturated heterocycles. The minimum Gasteiger partial charge on any atom is -0.122 e. The van der Waals surface area contributed by atoms with Crippen LogP contribution in [0, 0.1) is 0 Å². The van der Waals surface area contributed by atoms with Gasteiger partial charge in [0.05, 0.1) is 0 Å². The standard InChI is InChI=1S/C23H39Cl/c1-3-5-7-9-11-13-15-22-18-17-21(20-24)19-23(22)16-14-12-10-8-6-4-2/h17-19H,3-16,20H2,1-2H3. The van der Waals surface area contributed by atoms with Crippen molar-refractivity contribution in [3.05, 3.63) is 34.9 Å². The van der Waals surface area contributed by atoms with Gasteiger partial charge < -0.3 is 0 Å². The summed E-state index contributed by atoms with van der Waals surface area (Å²) in [4.78, 5) is 0. The Balaban J connectivity index is 2.39. The van der Waals surface area contributed by atoms with Gasteiger partial charge in [-0.15, -0.1) is 11.6 Å². The molecule has 1 aromatic rings. The number of benzene rings is 1. The van der Waals surface area contributed by atoms with Gasteiger partial charge in [-0.05, 0) is 42.4 Å². The largest absolute Gasteiger partial charge is 0.122 e. The van der Waals surface area contributed by atoms with Crippen LogP contribution in [0.1, 0.15) is 108 Å². The zero-order chi connectivity index (χ0) is 17.5. The number of hydrogen-bond donors (Lipinski definition) is 0. The van der Waals surface area contributed by atoms with Crippen LogP contribution < -0.4 is 0 Å². The number of alkyl halides is 1. The first-order valence-electron chi connectivity index (χ1n) is 10.5. The third-order valence-corrected chi connectivity index (χ3v) is 5.33. The molecule has 0 saturated carbocycles. The molecule has 0 aliphatic carbocycles. The second-order valence-electron chi connectivity index (χ2n) is 7.27. The molecule has 0 radical (unpaired) electrons. The fraction of sp³-hybridized carbons (Fsp3) is 0.739. The fourth-order valence-electron chi connectivity index (χ4n) is 3.43. The summed E-state index contributed by atoms with van der Waals surface area (Å²) < 4.78 is 0. The molecule has 0 aromatic heterocycles. The van der Waals surface area contributed by atoms with Gasteiger partial charge in [-0.3, -0.25) is 0 Å². The fourth-order valence-corrected chi connectivity index (χ4v) is 3.60. The van der Waals surface area contributed by atoms with Crippen molar-refractivity contribution in [2.45, 2.75) is 110 Å². The topological polar surface area (TPSA) is 0 Å². The Hall–Kier alpha value is -0.490. The predicted octanol–water partition coefficient (Wildman–Crippen LogP) is 8.23. The lowest BCUT2D eigenvalue weighted by atomic mass is 9.95. The van der Waals surface area contributed by atoms with E-state index >= 15 is 0 Å². The van der Waals surface area contributed by atoms with Crippen LogP contribution in [-0.2, 0) is 18.7 Å². The van der Waals surface area contributed by atoms with E-state index in [9.17, 15) is 0 Å². The Labute approximate surface area is 156 Å². The molecule has 0 aliphatic heterocycles. The van der Waals surface area contributed by atoms with Crippen LogP contribution in [0.15, 0.2) is 18.2 Å². The second-order valence-corrected chi connectivity index (χ2v) is 7.54. The SMILES string of the molecule is CCCCCCCCc1ccc(CCl)cc1CCCCCCCC. The van der Waals surface area contributed by atoms with E-state index in [1.165, 1.54) is 95.5 Å². The summed E-state index contributed by atoms with van der Waals surface area (Å²) in [6.45, 7) is 4.57. The molecule has 0 atom stereocenters. The second kappa shape index (κ2) is 14.8. The van der Waals surface area contributed by atoms with Crippen LogP contribution in [0.3, 0.4) is 0 Å². The molecule has 0 nitrogen and oxygen atoms in total. The van der Waals surface area contributed by atoms with Crippen LogP contribution >= 0.6 is 11.6 Å². The molecule has 0 N–H and O–H groups in total. The van der Waals surface area contributed by atoms with Gasteiger partial charge in [0.1, 0.15) is 0 Å². The molecular weight excluding hydrogens is 312 g/mol. The van der Waals surface area contributed by atoms with Crippen molar-refractivity contribution in [1.29, 1.82) is 0 Å². The van der Waals surface area contributed by atoms with Crippen LogP contribution in [0.5, 0.6) is 0 Å². The molecule has 1 rings (SSSR count). The summed E-state index contributed by atoms with van der Waals surface area (Å²) >= 11 is 6.05. The zero-order valence-corrected chi connectivity index (χ0v) is 17.0. The van der Waals surface area contributed by atoms with E-state index in [1.54, 1.807) is 11.1 Å². The van der Waals surface area contributed by atoms with Crippen molar-refractivity contribution in [2.75, 3.05) is 0 Å². The molecule has 0 unspecified atom stereocenters. The van der Waals surface area contributed by atoms with Crippen LogP contribution in [0.4, 0.5) is 0 Å². The maximum Gasteiger partial charge on any atom is 0.0474 e. The highest BCUT2D eigenvalue weighted by atomic mass is 35.5. The minimum atomic E-state index is 0.640. The summed E-state index contributed by atoms with van der Waals surface area (Å²) in [5.74, 6) is 0.640. The van der Waals surface area contributed by atoms with Crippen LogP contribution in [0.2, 0.25) is 0 Å². The van der Waals surface area contributed by atoms with Crippen LogP contribution in [0.25, 0.3) is 0 Å². The third kappa shape index (κ3) is 9.72. The highest BCUT2D eigenvalue weighted by Gasteiger charge is 2.05. The van der Waals surface area contributed by atoms with E-state index in [0.717, 1.165) is 0 Å². The Morgan fingerprint density at radius 1 is 0.625 bits per heavy atom. The minimum absolute atomic E-state index is 0.640. The molecule has 24 heavy (non-hydrogen) atoms. The van der Waals surface area contributed by atoms with E-state index < -0.39 is 0 Å². The lowest BCUT2D eigenvalue weighted by Crippen LogP contribution is -1.97.